The van der Waals surface area contributed by atoms with Crippen molar-refractivity contribution in [3.05, 3.63) is 58.4 Å². The van der Waals surface area contributed by atoms with Crippen LogP contribution in [0.1, 0.15) is 18.1 Å². The van der Waals surface area contributed by atoms with Crippen molar-refractivity contribution < 1.29 is 9.13 Å². The lowest BCUT2D eigenvalue weighted by Gasteiger charge is -2.12. The van der Waals surface area contributed by atoms with Gasteiger partial charge in [-0.05, 0) is 36.2 Å². The first-order chi connectivity index (χ1) is 9.15. The third-order valence-corrected chi connectivity index (χ3v) is 3.78. The van der Waals surface area contributed by atoms with Crippen LogP contribution in [0.15, 0.2) is 36.4 Å². The minimum absolute atomic E-state index is 0.253. The second kappa shape index (κ2) is 6.40. The van der Waals surface area contributed by atoms with E-state index in [2.05, 4.69) is 15.9 Å². The molecule has 0 aliphatic carbocycles. The standard InChI is InChI=1S/C15H13BrClFO/c1-2-10-8-12(6-7-13(10)17)19-15-11(9-16)4-3-5-14(15)18/h3-8H,2,9H2,1H3. The van der Waals surface area contributed by atoms with Gasteiger partial charge in [-0.2, -0.15) is 0 Å². The first-order valence-corrected chi connectivity index (χ1v) is 7.45. The molecule has 2 aromatic rings. The number of hydrogen-bond donors (Lipinski definition) is 0. The molecule has 0 atom stereocenters. The Balaban J connectivity index is 2.36. The lowest BCUT2D eigenvalue weighted by atomic mass is 10.1. The first kappa shape index (κ1) is 14.4. The highest BCUT2D eigenvalue weighted by Gasteiger charge is 2.11. The SMILES string of the molecule is CCc1cc(Oc2c(F)cccc2CBr)ccc1Cl. The van der Waals surface area contributed by atoms with E-state index in [1.165, 1.54) is 6.07 Å². The normalized spacial score (nSPS) is 10.5. The summed E-state index contributed by atoms with van der Waals surface area (Å²) in [6, 6.07) is 10.2. The van der Waals surface area contributed by atoms with Crippen LogP contribution >= 0.6 is 27.5 Å². The number of aryl methyl sites for hydroxylation is 1. The van der Waals surface area contributed by atoms with Crippen LogP contribution in [0.5, 0.6) is 11.5 Å². The van der Waals surface area contributed by atoms with Crippen LogP contribution in [0.25, 0.3) is 0 Å². The van der Waals surface area contributed by atoms with E-state index in [0.717, 1.165) is 17.5 Å². The Labute approximate surface area is 125 Å². The molecule has 19 heavy (non-hydrogen) atoms. The molecule has 0 unspecified atom stereocenters. The number of benzene rings is 2. The van der Waals surface area contributed by atoms with Crippen molar-refractivity contribution in [3.8, 4) is 11.5 Å². The first-order valence-electron chi connectivity index (χ1n) is 5.95. The monoisotopic (exact) mass is 342 g/mol. The average molecular weight is 344 g/mol. The maximum atomic E-state index is 13.8. The molecule has 0 saturated carbocycles. The van der Waals surface area contributed by atoms with Gasteiger partial charge >= 0.3 is 0 Å². The summed E-state index contributed by atoms with van der Waals surface area (Å²) in [6.07, 6.45) is 0.804. The topological polar surface area (TPSA) is 9.23 Å². The Hall–Kier alpha value is -1.06. The Bertz CT molecular complexity index is 586. The maximum Gasteiger partial charge on any atom is 0.167 e. The summed E-state index contributed by atoms with van der Waals surface area (Å²) in [7, 11) is 0. The molecule has 0 radical (unpaired) electrons. The summed E-state index contributed by atoms with van der Waals surface area (Å²) in [4.78, 5) is 0. The number of rotatable bonds is 4. The predicted molar refractivity (Wildman–Crippen MR) is 79.9 cm³/mol. The molecule has 2 rings (SSSR count). The minimum Gasteiger partial charge on any atom is -0.454 e. The highest BCUT2D eigenvalue weighted by atomic mass is 79.9. The second-order valence-corrected chi connectivity index (χ2v) is 5.04. The van der Waals surface area contributed by atoms with E-state index in [1.54, 1.807) is 18.2 Å². The minimum atomic E-state index is -0.370. The van der Waals surface area contributed by atoms with Crippen LogP contribution in [0, 0.1) is 5.82 Å². The second-order valence-electron chi connectivity index (χ2n) is 4.07. The summed E-state index contributed by atoms with van der Waals surface area (Å²) < 4.78 is 19.5. The molecule has 0 heterocycles. The molecule has 0 amide bonds. The fourth-order valence-corrected chi connectivity index (χ4v) is 2.47. The van der Waals surface area contributed by atoms with E-state index in [4.69, 9.17) is 16.3 Å². The molecule has 0 saturated heterocycles. The predicted octanol–water partition coefficient (Wildman–Crippen LogP) is 5.73. The van der Waals surface area contributed by atoms with Gasteiger partial charge < -0.3 is 4.74 Å². The van der Waals surface area contributed by atoms with Crippen LogP contribution in [-0.2, 0) is 11.8 Å². The molecular weight excluding hydrogens is 331 g/mol. The zero-order chi connectivity index (χ0) is 13.8. The van der Waals surface area contributed by atoms with Gasteiger partial charge in [0.2, 0.25) is 0 Å². The van der Waals surface area contributed by atoms with Crippen LogP contribution in [0.2, 0.25) is 5.02 Å². The third-order valence-electron chi connectivity index (χ3n) is 2.81. The smallest absolute Gasteiger partial charge is 0.167 e. The van der Waals surface area contributed by atoms with Gasteiger partial charge in [-0.25, -0.2) is 4.39 Å². The molecule has 100 valence electrons. The Morgan fingerprint density at radius 1 is 1.21 bits per heavy atom. The van der Waals surface area contributed by atoms with E-state index in [9.17, 15) is 4.39 Å². The molecule has 0 aliphatic heterocycles. The fraction of sp³-hybridized carbons (Fsp3) is 0.200. The summed E-state index contributed by atoms with van der Waals surface area (Å²) in [5, 5.41) is 1.23. The Kier molecular flexibility index (Phi) is 4.83. The van der Waals surface area contributed by atoms with E-state index >= 15 is 0 Å². The summed E-state index contributed by atoms with van der Waals surface area (Å²) in [5.41, 5.74) is 1.75. The van der Waals surface area contributed by atoms with Gasteiger partial charge in [0, 0.05) is 15.9 Å². The number of hydrogen-bond acceptors (Lipinski definition) is 1. The molecule has 1 nitrogen and oxygen atoms in total. The average Bonchev–Trinajstić information content (AvgIpc) is 2.43. The van der Waals surface area contributed by atoms with Crippen molar-refractivity contribution in [1.82, 2.24) is 0 Å². The van der Waals surface area contributed by atoms with Crippen LogP contribution in [0.3, 0.4) is 0 Å². The van der Waals surface area contributed by atoms with E-state index in [1.807, 2.05) is 19.1 Å². The quantitative estimate of drug-likeness (QED) is 0.644. The van der Waals surface area contributed by atoms with Gasteiger partial charge in [0.1, 0.15) is 5.75 Å². The van der Waals surface area contributed by atoms with Gasteiger partial charge in [0.15, 0.2) is 11.6 Å². The summed E-state index contributed by atoms with van der Waals surface area (Å²) >= 11 is 9.38. The van der Waals surface area contributed by atoms with Crippen LogP contribution in [0.4, 0.5) is 4.39 Å². The largest absolute Gasteiger partial charge is 0.454 e. The Morgan fingerprint density at radius 3 is 2.68 bits per heavy atom. The van der Waals surface area contributed by atoms with Crippen molar-refractivity contribution in [3.63, 3.8) is 0 Å². The van der Waals surface area contributed by atoms with Crippen molar-refractivity contribution in [1.29, 1.82) is 0 Å². The molecule has 0 bridgehead atoms. The molecule has 0 aromatic heterocycles. The van der Waals surface area contributed by atoms with E-state index in [-0.39, 0.29) is 11.6 Å². The number of para-hydroxylation sites is 1. The highest BCUT2D eigenvalue weighted by Crippen LogP contribution is 2.31. The maximum absolute atomic E-state index is 13.8. The fourth-order valence-electron chi connectivity index (χ4n) is 1.78. The lowest BCUT2D eigenvalue weighted by molar-refractivity contribution is 0.438. The van der Waals surface area contributed by atoms with Crippen molar-refractivity contribution in [2.45, 2.75) is 18.7 Å². The summed E-state index contributed by atoms with van der Waals surface area (Å²) in [6.45, 7) is 2.01. The van der Waals surface area contributed by atoms with Crippen LogP contribution < -0.4 is 4.74 Å². The van der Waals surface area contributed by atoms with Crippen molar-refractivity contribution in [2.75, 3.05) is 0 Å². The third kappa shape index (κ3) is 3.28. The van der Waals surface area contributed by atoms with Crippen molar-refractivity contribution >= 4 is 27.5 Å². The molecule has 0 spiro atoms. The molecule has 0 aliphatic rings. The van der Waals surface area contributed by atoms with E-state index < -0.39 is 0 Å². The Morgan fingerprint density at radius 2 is 2.00 bits per heavy atom. The highest BCUT2D eigenvalue weighted by molar-refractivity contribution is 9.08. The van der Waals surface area contributed by atoms with Gasteiger partial charge in [-0.3, -0.25) is 0 Å². The van der Waals surface area contributed by atoms with Gasteiger partial charge in [-0.15, -0.1) is 0 Å². The van der Waals surface area contributed by atoms with Crippen molar-refractivity contribution in [2.24, 2.45) is 0 Å². The van der Waals surface area contributed by atoms with Gasteiger partial charge in [-0.1, -0.05) is 46.6 Å². The summed E-state index contributed by atoms with van der Waals surface area (Å²) in [5.74, 6) is 0.474. The lowest BCUT2D eigenvalue weighted by Crippen LogP contribution is -1.94. The van der Waals surface area contributed by atoms with Gasteiger partial charge in [0.25, 0.3) is 0 Å². The zero-order valence-electron chi connectivity index (χ0n) is 10.4. The van der Waals surface area contributed by atoms with Crippen LogP contribution in [-0.4, -0.2) is 0 Å². The zero-order valence-corrected chi connectivity index (χ0v) is 12.8. The number of ether oxygens (including phenoxy) is 1. The molecule has 2 aromatic carbocycles. The number of halogens is 3. The number of alkyl halides is 1. The van der Waals surface area contributed by atoms with E-state index in [0.29, 0.717) is 16.1 Å². The molecular formula is C15H13BrClFO. The molecule has 0 N–H and O–H groups in total. The molecule has 0 fully saturated rings. The van der Waals surface area contributed by atoms with Gasteiger partial charge in [0.05, 0.1) is 0 Å². The molecule has 4 heteroatoms.